The highest BCUT2D eigenvalue weighted by molar-refractivity contribution is 5.33. The van der Waals surface area contributed by atoms with Crippen molar-refractivity contribution in [3.63, 3.8) is 0 Å². The van der Waals surface area contributed by atoms with Crippen LogP contribution in [0.4, 0.5) is 4.39 Å². The second kappa shape index (κ2) is 7.12. The molecule has 1 fully saturated rings. The van der Waals surface area contributed by atoms with E-state index in [2.05, 4.69) is 11.0 Å². The molecule has 0 aliphatic carbocycles. The van der Waals surface area contributed by atoms with Gasteiger partial charge in [-0.2, -0.15) is 5.26 Å². The molecule has 0 saturated carbocycles. The molecule has 24 heavy (non-hydrogen) atoms. The summed E-state index contributed by atoms with van der Waals surface area (Å²) in [5.74, 6) is -0.281. The van der Waals surface area contributed by atoms with Gasteiger partial charge in [0.15, 0.2) is 0 Å². The number of hydrogen-bond acceptors (Lipinski definition) is 3. The molecular formula is C20H21FN2O. The van der Waals surface area contributed by atoms with E-state index in [0.29, 0.717) is 37.1 Å². The average molecular weight is 324 g/mol. The van der Waals surface area contributed by atoms with Gasteiger partial charge >= 0.3 is 0 Å². The highest BCUT2D eigenvalue weighted by atomic mass is 19.1. The van der Waals surface area contributed by atoms with Gasteiger partial charge in [0.1, 0.15) is 5.82 Å². The smallest absolute Gasteiger partial charge is 0.127 e. The monoisotopic (exact) mass is 324 g/mol. The molecule has 3 nitrogen and oxygen atoms in total. The number of rotatable bonds is 3. The summed E-state index contributed by atoms with van der Waals surface area (Å²) in [5.41, 5.74) is 1.15. The summed E-state index contributed by atoms with van der Waals surface area (Å²) >= 11 is 0. The number of likely N-dealkylation sites (tertiary alicyclic amines) is 1. The number of hydrogen-bond donors (Lipinski definition) is 1. The van der Waals surface area contributed by atoms with Crippen LogP contribution in [-0.4, -0.2) is 23.1 Å². The maximum Gasteiger partial charge on any atom is 0.127 e. The lowest BCUT2D eigenvalue weighted by molar-refractivity contribution is 0.0210. The summed E-state index contributed by atoms with van der Waals surface area (Å²) in [4.78, 5) is 2.15. The van der Waals surface area contributed by atoms with Crippen molar-refractivity contribution in [3.8, 4) is 6.07 Å². The van der Waals surface area contributed by atoms with Gasteiger partial charge in [-0.1, -0.05) is 30.3 Å². The fourth-order valence-electron chi connectivity index (χ4n) is 3.38. The Labute approximate surface area is 142 Å². The van der Waals surface area contributed by atoms with Gasteiger partial charge in [0.2, 0.25) is 0 Å². The lowest BCUT2D eigenvalue weighted by Gasteiger charge is -2.27. The molecule has 1 aliphatic heterocycles. The van der Waals surface area contributed by atoms with E-state index in [9.17, 15) is 9.50 Å². The lowest BCUT2D eigenvalue weighted by Crippen LogP contribution is -2.29. The van der Waals surface area contributed by atoms with Crippen molar-refractivity contribution in [1.29, 1.82) is 5.26 Å². The maximum absolute atomic E-state index is 14.0. The third kappa shape index (κ3) is 3.64. The van der Waals surface area contributed by atoms with E-state index in [1.807, 2.05) is 30.3 Å². The van der Waals surface area contributed by atoms with Crippen LogP contribution in [0, 0.1) is 17.1 Å². The quantitative estimate of drug-likeness (QED) is 0.939. The molecule has 0 amide bonds. The predicted octanol–water partition coefficient (Wildman–Crippen LogP) is 3.57. The Hall–Kier alpha value is -2.22. The molecule has 2 aromatic carbocycles. The molecule has 1 aliphatic rings. The van der Waals surface area contributed by atoms with Crippen molar-refractivity contribution in [2.75, 3.05) is 13.1 Å². The van der Waals surface area contributed by atoms with Gasteiger partial charge in [-0.3, -0.25) is 4.90 Å². The van der Waals surface area contributed by atoms with E-state index in [4.69, 9.17) is 5.26 Å². The molecule has 2 aromatic rings. The molecule has 0 bridgehead atoms. The molecule has 1 saturated heterocycles. The van der Waals surface area contributed by atoms with Crippen LogP contribution in [0.3, 0.4) is 0 Å². The Kier molecular flexibility index (Phi) is 4.94. The first-order chi connectivity index (χ1) is 11.6. The molecule has 1 atom stereocenters. The zero-order valence-electron chi connectivity index (χ0n) is 13.6. The summed E-state index contributed by atoms with van der Waals surface area (Å²) in [6.45, 7) is 1.97. The van der Waals surface area contributed by atoms with Gasteiger partial charge in [-0.25, -0.2) is 4.39 Å². The van der Waals surface area contributed by atoms with Crippen molar-refractivity contribution in [2.45, 2.75) is 31.4 Å². The topological polar surface area (TPSA) is 47.3 Å². The van der Waals surface area contributed by atoms with Gasteiger partial charge in [-0.15, -0.1) is 0 Å². The third-order valence-electron chi connectivity index (χ3n) is 4.79. The minimum absolute atomic E-state index is 0.281. The maximum atomic E-state index is 14.0. The molecule has 1 N–H and O–H groups in total. The van der Waals surface area contributed by atoms with Crippen LogP contribution >= 0.6 is 0 Å². The third-order valence-corrected chi connectivity index (χ3v) is 4.79. The number of nitriles is 1. The Morgan fingerprint density at radius 3 is 2.67 bits per heavy atom. The molecule has 1 unspecified atom stereocenters. The Bertz CT molecular complexity index is 741. The first-order valence-corrected chi connectivity index (χ1v) is 8.29. The highest BCUT2D eigenvalue weighted by Gasteiger charge is 2.31. The molecule has 3 rings (SSSR count). The van der Waals surface area contributed by atoms with E-state index in [1.54, 1.807) is 6.07 Å². The molecule has 1 heterocycles. The van der Waals surface area contributed by atoms with Gasteiger partial charge in [0.05, 0.1) is 17.2 Å². The van der Waals surface area contributed by atoms with E-state index >= 15 is 0 Å². The van der Waals surface area contributed by atoms with Crippen LogP contribution in [0.2, 0.25) is 0 Å². The predicted molar refractivity (Wildman–Crippen MR) is 90.6 cm³/mol. The summed E-state index contributed by atoms with van der Waals surface area (Å²) in [6, 6.07) is 16.3. The number of benzene rings is 2. The van der Waals surface area contributed by atoms with Crippen LogP contribution in [0.1, 0.15) is 36.0 Å². The van der Waals surface area contributed by atoms with Crippen LogP contribution in [-0.2, 0) is 12.1 Å². The first-order valence-electron chi connectivity index (χ1n) is 8.29. The van der Waals surface area contributed by atoms with Gasteiger partial charge in [-0.05, 0) is 49.6 Å². The Morgan fingerprint density at radius 2 is 1.92 bits per heavy atom. The fraction of sp³-hybridized carbons (Fsp3) is 0.350. The molecule has 0 spiro atoms. The fourth-order valence-corrected chi connectivity index (χ4v) is 3.38. The van der Waals surface area contributed by atoms with Crippen molar-refractivity contribution < 1.29 is 9.50 Å². The van der Waals surface area contributed by atoms with Crippen LogP contribution in [0.15, 0.2) is 48.5 Å². The van der Waals surface area contributed by atoms with Crippen molar-refractivity contribution >= 4 is 0 Å². The van der Waals surface area contributed by atoms with Crippen molar-refractivity contribution in [1.82, 2.24) is 4.90 Å². The van der Waals surface area contributed by atoms with Crippen LogP contribution < -0.4 is 0 Å². The highest BCUT2D eigenvalue weighted by Crippen LogP contribution is 2.33. The molecule has 4 heteroatoms. The summed E-state index contributed by atoms with van der Waals surface area (Å²) in [6.07, 6.45) is 2.18. The largest absolute Gasteiger partial charge is 0.385 e. The van der Waals surface area contributed by atoms with Gasteiger partial charge in [0.25, 0.3) is 0 Å². The van der Waals surface area contributed by atoms with E-state index < -0.39 is 5.60 Å². The first kappa shape index (κ1) is 16.6. The number of nitrogens with zero attached hydrogens (tertiary/aromatic N) is 2. The zero-order chi connectivity index (χ0) is 17.0. The number of aliphatic hydroxyl groups is 1. The van der Waals surface area contributed by atoms with E-state index in [1.165, 1.54) is 12.1 Å². The van der Waals surface area contributed by atoms with E-state index in [-0.39, 0.29) is 5.82 Å². The normalized spacial score (nSPS) is 21.9. The summed E-state index contributed by atoms with van der Waals surface area (Å²) in [7, 11) is 0. The van der Waals surface area contributed by atoms with E-state index in [0.717, 1.165) is 18.5 Å². The minimum atomic E-state index is -0.816. The second-order valence-corrected chi connectivity index (χ2v) is 6.45. The standard InChI is InChI=1S/C20H21FN2O/c21-19-8-7-16(14-22)13-17(19)15-23-11-4-9-20(24,10-12-23)18-5-2-1-3-6-18/h1-3,5-8,13,24H,4,9-12,15H2. The summed E-state index contributed by atoms with van der Waals surface area (Å²) in [5, 5.41) is 20.0. The van der Waals surface area contributed by atoms with Crippen LogP contribution in [0.5, 0.6) is 0 Å². The van der Waals surface area contributed by atoms with Gasteiger partial charge < -0.3 is 5.11 Å². The average Bonchev–Trinajstić information content (AvgIpc) is 2.80. The summed E-state index contributed by atoms with van der Waals surface area (Å²) < 4.78 is 14.0. The Balaban J connectivity index is 1.71. The Morgan fingerprint density at radius 1 is 1.12 bits per heavy atom. The molecule has 0 radical (unpaired) electrons. The number of halogens is 1. The van der Waals surface area contributed by atoms with Crippen LogP contribution in [0.25, 0.3) is 0 Å². The van der Waals surface area contributed by atoms with Crippen molar-refractivity contribution in [2.24, 2.45) is 0 Å². The minimum Gasteiger partial charge on any atom is -0.385 e. The lowest BCUT2D eigenvalue weighted by atomic mass is 9.87. The zero-order valence-corrected chi connectivity index (χ0v) is 13.6. The SMILES string of the molecule is N#Cc1ccc(F)c(CN2CCCC(O)(c3ccccc3)CC2)c1. The molecular weight excluding hydrogens is 303 g/mol. The molecule has 0 aromatic heterocycles. The van der Waals surface area contributed by atoms with Crippen molar-refractivity contribution in [3.05, 3.63) is 71.0 Å². The van der Waals surface area contributed by atoms with Gasteiger partial charge in [0, 0.05) is 18.7 Å². The molecule has 124 valence electrons. The second-order valence-electron chi connectivity index (χ2n) is 6.45.